The van der Waals surface area contributed by atoms with Crippen LogP contribution in [0.5, 0.6) is 0 Å². The lowest BCUT2D eigenvalue weighted by Gasteiger charge is -2.16. The van der Waals surface area contributed by atoms with Gasteiger partial charge in [0, 0.05) is 5.38 Å². The van der Waals surface area contributed by atoms with Gasteiger partial charge in [-0.3, -0.25) is 4.79 Å². The number of hydrogen-bond acceptors (Lipinski definition) is 4. The largest absolute Gasteiger partial charge is 0.347 e. The summed E-state index contributed by atoms with van der Waals surface area (Å²) in [5.41, 5.74) is 7.94. The van der Waals surface area contributed by atoms with Crippen LogP contribution in [-0.4, -0.2) is 16.9 Å². The minimum absolute atomic E-state index is 0.115. The predicted octanol–water partition coefficient (Wildman–Crippen LogP) is 2.45. The Morgan fingerprint density at radius 3 is 2.71 bits per heavy atom. The molecule has 0 aliphatic heterocycles. The van der Waals surface area contributed by atoms with Crippen molar-refractivity contribution in [2.75, 3.05) is 0 Å². The average Bonchev–Trinajstić information content (AvgIpc) is 2.97. The van der Waals surface area contributed by atoms with Crippen molar-refractivity contribution in [2.45, 2.75) is 38.8 Å². The minimum atomic E-state index is -0.542. The topological polar surface area (TPSA) is 68.0 Å². The van der Waals surface area contributed by atoms with E-state index in [4.69, 9.17) is 5.73 Å². The molecule has 21 heavy (non-hydrogen) atoms. The van der Waals surface area contributed by atoms with E-state index < -0.39 is 6.04 Å². The molecule has 2 atom stereocenters. The van der Waals surface area contributed by atoms with E-state index in [2.05, 4.69) is 17.2 Å². The van der Waals surface area contributed by atoms with Crippen LogP contribution in [-0.2, 0) is 17.6 Å². The molecule has 0 saturated heterocycles. The third-order valence-electron chi connectivity index (χ3n) is 3.31. The molecule has 1 aromatic carbocycles. The quantitative estimate of drug-likeness (QED) is 0.861. The van der Waals surface area contributed by atoms with Crippen LogP contribution in [0, 0.1) is 0 Å². The molecule has 0 fully saturated rings. The van der Waals surface area contributed by atoms with E-state index in [9.17, 15) is 4.79 Å². The number of carbonyl (C=O) groups is 1. The zero-order valence-corrected chi connectivity index (χ0v) is 13.2. The minimum Gasteiger partial charge on any atom is -0.347 e. The summed E-state index contributed by atoms with van der Waals surface area (Å²) in [6.07, 6.45) is 1.45. The molecular formula is C16H21N3OS. The van der Waals surface area contributed by atoms with Crippen LogP contribution in [0.15, 0.2) is 35.7 Å². The molecule has 1 heterocycles. The van der Waals surface area contributed by atoms with Crippen molar-refractivity contribution < 1.29 is 4.79 Å². The van der Waals surface area contributed by atoms with E-state index in [1.54, 1.807) is 11.3 Å². The van der Waals surface area contributed by atoms with Gasteiger partial charge in [0.2, 0.25) is 5.91 Å². The highest BCUT2D eigenvalue weighted by atomic mass is 32.1. The van der Waals surface area contributed by atoms with Crippen LogP contribution in [0.2, 0.25) is 0 Å². The molecule has 2 unspecified atom stereocenters. The highest BCUT2D eigenvalue weighted by Crippen LogP contribution is 2.17. The summed E-state index contributed by atoms with van der Waals surface area (Å²) in [6, 6.07) is 9.14. The summed E-state index contributed by atoms with van der Waals surface area (Å²) in [6.45, 7) is 4.00. The van der Waals surface area contributed by atoms with Crippen LogP contribution in [0.25, 0.3) is 0 Å². The van der Waals surface area contributed by atoms with Crippen molar-refractivity contribution in [3.05, 3.63) is 52.0 Å². The Hall–Kier alpha value is -1.72. The number of benzene rings is 1. The number of hydrogen-bond donors (Lipinski definition) is 2. The smallest absolute Gasteiger partial charge is 0.237 e. The van der Waals surface area contributed by atoms with Gasteiger partial charge in [0.25, 0.3) is 0 Å². The molecule has 4 nitrogen and oxygen atoms in total. The highest BCUT2D eigenvalue weighted by molar-refractivity contribution is 7.09. The molecule has 0 aliphatic rings. The third-order valence-corrected chi connectivity index (χ3v) is 4.32. The van der Waals surface area contributed by atoms with Crippen LogP contribution >= 0.6 is 11.3 Å². The van der Waals surface area contributed by atoms with Gasteiger partial charge < -0.3 is 11.1 Å². The maximum Gasteiger partial charge on any atom is 0.237 e. The van der Waals surface area contributed by atoms with Crippen molar-refractivity contribution >= 4 is 17.2 Å². The summed E-state index contributed by atoms with van der Waals surface area (Å²) in [5, 5.41) is 6.01. The summed E-state index contributed by atoms with van der Waals surface area (Å²) >= 11 is 1.62. The van der Waals surface area contributed by atoms with E-state index in [1.807, 2.05) is 42.6 Å². The Kier molecular flexibility index (Phi) is 5.47. The lowest BCUT2D eigenvalue weighted by molar-refractivity contribution is -0.123. The van der Waals surface area contributed by atoms with Crippen LogP contribution < -0.4 is 11.1 Å². The fraction of sp³-hybridized carbons (Fsp3) is 0.375. The summed E-state index contributed by atoms with van der Waals surface area (Å²) < 4.78 is 0. The van der Waals surface area contributed by atoms with Crippen molar-refractivity contribution in [3.63, 3.8) is 0 Å². The predicted molar refractivity (Wildman–Crippen MR) is 86.2 cm³/mol. The SMILES string of the molecule is CCc1nc(C(C)NC(=O)C(N)Cc2ccccc2)cs1. The number of aryl methyl sites for hydroxylation is 1. The second-order valence-corrected chi connectivity index (χ2v) is 5.99. The van der Waals surface area contributed by atoms with Gasteiger partial charge in [-0.2, -0.15) is 0 Å². The molecule has 112 valence electrons. The molecular weight excluding hydrogens is 282 g/mol. The highest BCUT2D eigenvalue weighted by Gasteiger charge is 2.18. The van der Waals surface area contributed by atoms with Crippen molar-refractivity contribution in [2.24, 2.45) is 5.73 Å². The maximum atomic E-state index is 12.1. The molecule has 1 amide bonds. The van der Waals surface area contributed by atoms with E-state index in [-0.39, 0.29) is 11.9 Å². The number of thiazole rings is 1. The lowest BCUT2D eigenvalue weighted by atomic mass is 10.1. The molecule has 3 N–H and O–H groups in total. The van der Waals surface area contributed by atoms with Crippen molar-refractivity contribution in [1.29, 1.82) is 0 Å². The summed E-state index contributed by atoms with van der Waals surface area (Å²) in [7, 11) is 0. The number of nitrogens with two attached hydrogens (primary N) is 1. The molecule has 2 aromatic rings. The van der Waals surface area contributed by atoms with Gasteiger partial charge in [-0.15, -0.1) is 11.3 Å². The van der Waals surface area contributed by atoms with Gasteiger partial charge in [0.05, 0.1) is 22.8 Å². The van der Waals surface area contributed by atoms with Gasteiger partial charge in [0.15, 0.2) is 0 Å². The molecule has 5 heteroatoms. The molecule has 0 spiro atoms. The zero-order valence-electron chi connectivity index (χ0n) is 12.4. The van der Waals surface area contributed by atoms with Crippen LogP contribution in [0.4, 0.5) is 0 Å². The van der Waals surface area contributed by atoms with Gasteiger partial charge >= 0.3 is 0 Å². The number of rotatable bonds is 6. The Labute approximate surface area is 129 Å². The van der Waals surface area contributed by atoms with E-state index in [0.29, 0.717) is 6.42 Å². The first-order chi connectivity index (χ1) is 10.1. The monoisotopic (exact) mass is 303 g/mol. The number of amides is 1. The van der Waals surface area contributed by atoms with Crippen LogP contribution in [0.3, 0.4) is 0 Å². The maximum absolute atomic E-state index is 12.1. The van der Waals surface area contributed by atoms with E-state index in [1.165, 1.54) is 0 Å². The van der Waals surface area contributed by atoms with E-state index in [0.717, 1.165) is 22.7 Å². The van der Waals surface area contributed by atoms with Crippen molar-refractivity contribution in [3.8, 4) is 0 Å². The third kappa shape index (κ3) is 4.37. The number of aromatic nitrogens is 1. The Morgan fingerprint density at radius 1 is 1.38 bits per heavy atom. The first kappa shape index (κ1) is 15.7. The van der Waals surface area contributed by atoms with Gasteiger partial charge in [-0.1, -0.05) is 37.3 Å². The fourth-order valence-corrected chi connectivity index (χ4v) is 2.88. The molecule has 0 saturated carbocycles. The first-order valence-electron chi connectivity index (χ1n) is 7.14. The Balaban J connectivity index is 1.91. The second-order valence-electron chi connectivity index (χ2n) is 5.05. The summed E-state index contributed by atoms with van der Waals surface area (Å²) in [5.74, 6) is -0.141. The average molecular weight is 303 g/mol. The molecule has 0 aliphatic carbocycles. The second kappa shape index (κ2) is 7.33. The number of nitrogens with one attached hydrogen (secondary N) is 1. The molecule has 0 radical (unpaired) electrons. The van der Waals surface area contributed by atoms with Crippen LogP contribution in [0.1, 0.15) is 36.2 Å². The Morgan fingerprint density at radius 2 is 2.10 bits per heavy atom. The van der Waals surface area contributed by atoms with Crippen molar-refractivity contribution in [1.82, 2.24) is 10.3 Å². The van der Waals surface area contributed by atoms with Gasteiger partial charge in [-0.05, 0) is 25.3 Å². The first-order valence-corrected chi connectivity index (χ1v) is 8.02. The van der Waals surface area contributed by atoms with Gasteiger partial charge in [0.1, 0.15) is 0 Å². The normalized spacial score (nSPS) is 13.7. The fourth-order valence-electron chi connectivity index (χ4n) is 2.04. The molecule has 2 rings (SSSR count). The number of nitrogens with zero attached hydrogens (tertiary/aromatic N) is 1. The molecule has 0 bridgehead atoms. The number of carbonyl (C=O) groups excluding carboxylic acids is 1. The van der Waals surface area contributed by atoms with Gasteiger partial charge in [-0.25, -0.2) is 4.98 Å². The lowest BCUT2D eigenvalue weighted by Crippen LogP contribution is -2.43. The summed E-state index contributed by atoms with van der Waals surface area (Å²) in [4.78, 5) is 16.6. The van der Waals surface area contributed by atoms with E-state index >= 15 is 0 Å². The standard InChI is InChI=1S/C16H21N3OS/c1-3-15-19-14(10-21-15)11(2)18-16(20)13(17)9-12-7-5-4-6-8-12/h4-8,10-11,13H,3,9,17H2,1-2H3,(H,18,20). The zero-order chi connectivity index (χ0) is 15.2. The molecule has 1 aromatic heterocycles. The Bertz CT molecular complexity index is 582.